The molecule has 2 aromatic carbocycles. The number of nitriles is 1. The van der Waals surface area contributed by atoms with Gasteiger partial charge in [0, 0.05) is 13.1 Å². The molecule has 6 heteroatoms. The van der Waals surface area contributed by atoms with Crippen LogP contribution >= 0.6 is 0 Å². The Bertz CT molecular complexity index is 866. The number of benzene rings is 2. The standard InChI is InChI=1S/C18H19N3O2S/c19-14-15-7-6-8-16(13-15)24(22,23)20-17-9-2-3-10-18(17)21-11-4-1-5-12-21/h2-3,6-10,13,20H,1,4-5,11-12H2. The zero-order valence-corrected chi connectivity index (χ0v) is 14.1. The van der Waals surface area contributed by atoms with Crippen molar-refractivity contribution in [2.75, 3.05) is 22.7 Å². The average molecular weight is 341 g/mol. The van der Waals surface area contributed by atoms with E-state index in [9.17, 15) is 8.42 Å². The molecule has 0 aromatic heterocycles. The van der Waals surface area contributed by atoms with E-state index in [1.54, 1.807) is 18.2 Å². The van der Waals surface area contributed by atoms with E-state index in [2.05, 4.69) is 9.62 Å². The lowest BCUT2D eigenvalue weighted by Gasteiger charge is -2.30. The summed E-state index contributed by atoms with van der Waals surface area (Å²) in [4.78, 5) is 2.31. The van der Waals surface area contributed by atoms with Crippen molar-refractivity contribution in [2.45, 2.75) is 24.2 Å². The molecular weight excluding hydrogens is 322 g/mol. The van der Waals surface area contributed by atoms with E-state index in [0.717, 1.165) is 31.6 Å². The fourth-order valence-electron chi connectivity index (χ4n) is 2.91. The van der Waals surface area contributed by atoms with Gasteiger partial charge in [-0.2, -0.15) is 5.26 Å². The first kappa shape index (κ1) is 16.3. The second-order valence-electron chi connectivity index (χ2n) is 5.81. The van der Waals surface area contributed by atoms with E-state index >= 15 is 0 Å². The van der Waals surface area contributed by atoms with Crippen LogP contribution in [0.2, 0.25) is 0 Å². The van der Waals surface area contributed by atoms with Gasteiger partial charge in [-0.3, -0.25) is 4.72 Å². The van der Waals surface area contributed by atoms with Crippen LogP contribution in [0.15, 0.2) is 53.4 Å². The van der Waals surface area contributed by atoms with Crippen LogP contribution in [0.4, 0.5) is 11.4 Å². The monoisotopic (exact) mass is 341 g/mol. The highest BCUT2D eigenvalue weighted by molar-refractivity contribution is 7.92. The van der Waals surface area contributed by atoms with Gasteiger partial charge in [-0.1, -0.05) is 18.2 Å². The molecule has 1 N–H and O–H groups in total. The second-order valence-corrected chi connectivity index (χ2v) is 7.49. The first-order valence-corrected chi connectivity index (χ1v) is 9.45. The van der Waals surface area contributed by atoms with E-state index < -0.39 is 10.0 Å². The quantitative estimate of drug-likeness (QED) is 0.925. The summed E-state index contributed by atoms with van der Waals surface area (Å²) in [6.07, 6.45) is 3.45. The molecule has 0 atom stereocenters. The van der Waals surface area contributed by atoms with Crippen molar-refractivity contribution in [1.82, 2.24) is 0 Å². The highest BCUT2D eigenvalue weighted by Gasteiger charge is 2.19. The van der Waals surface area contributed by atoms with Gasteiger partial charge < -0.3 is 4.90 Å². The normalized spacial score (nSPS) is 14.9. The van der Waals surface area contributed by atoms with Crippen LogP contribution < -0.4 is 9.62 Å². The van der Waals surface area contributed by atoms with Crippen LogP contribution in [0.3, 0.4) is 0 Å². The van der Waals surface area contributed by atoms with Crippen molar-refractivity contribution in [3.8, 4) is 6.07 Å². The van der Waals surface area contributed by atoms with Gasteiger partial charge in [-0.05, 0) is 49.6 Å². The number of para-hydroxylation sites is 2. The number of sulfonamides is 1. The Morgan fingerprint density at radius 1 is 1.00 bits per heavy atom. The molecule has 1 aliphatic heterocycles. The van der Waals surface area contributed by atoms with Gasteiger partial charge >= 0.3 is 0 Å². The first-order valence-electron chi connectivity index (χ1n) is 7.97. The third-order valence-electron chi connectivity index (χ3n) is 4.12. The Hall–Kier alpha value is -2.52. The topological polar surface area (TPSA) is 73.2 Å². The minimum absolute atomic E-state index is 0.0926. The van der Waals surface area contributed by atoms with Crippen LogP contribution in [0.5, 0.6) is 0 Å². The van der Waals surface area contributed by atoms with Crippen LogP contribution in [0.25, 0.3) is 0 Å². The molecule has 1 fully saturated rings. The SMILES string of the molecule is N#Cc1cccc(S(=O)(=O)Nc2ccccc2N2CCCCC2)c1. The fourth-order valence-corrected chi connectivity index (χ4v) is 4.03. The van der Waals surface area contributed by atoms with Crippen molar-refractivity contribution in [3.05, 3.63) is 54.1 Å². The minimum Gasteiger partial charge on any atom is -0.370 e. The Kier molecular flexibility index (Phi) is 4.72. The highest BCUT2D eigenvalue weighted by atomic mass is 32.2. The van der Waals surface area contributed by atoms with E-state index in [1.807, 2.05) is 24.3 Å². The lowest BCUT2D eigenvalue weighted by atomic mass is 10.1. The first-order chi connectivity index (χ1) is 11.6. The molecule has 1 aliphatic rings. The van der Waals surface area contributed by atoms with E-state index in [1.165, 1.54) is 18.6 Å². The lowest BCUT2D eigenvalue weighted by Crippen LogP contribution is -2.30. The number of hydrogen-bond donors (Lipinski definition) is 1. The smallest absolute Gasteiger partial charge is 0.262 e. The molecule has 0 bridgehead atoms. The van der Waals surface area contributed by atoms with Gasteiger partial charge in [0.2, 0.25) is 0 Å². The Labute approximate surface area is 142 Å². The number of anilines is 2. The summed E-state index contributed by atoms with van der Waals surface area (Å²) in [6.45, 7) is 1.87. The van der Waals surface area contributed by atoms with Gasteiger partial charge in [-0.25, -0.2) is 8.42 Å². The molecule has 1 saturated heterocycles. The third kappa shape index (κ3) is 3.52. The number of nitrogens with one attached hydrogen (secondary N) is 1. The molecular formula is C18H19N3O2S. The van der Waals surface area contributed by atoms with Gasteiger partial charge in [0.15, 0.2) is 0 Å². The van der Waals surface area contributed by atoms with E-state index in [4.69, 9.17) is 5.26 Å². The molecule has 2 aromatic rings. The van der Waals surface area contributed by atoms with Gasteiger partial charge in [0.1, 0.15) is 0 Å². The summed E-state index contributed by atoms with van der Waals surface area (Å²) in [5, 5.41) is 8.96. The van der Waals surface area contributed by atoms with Crippen molar-refractivity contribution in [3.63, 3.8) is 0 Å². The summed E-state index contributed by atoms with van der Waals surface area (Å²) in [7, 11) is -3.73. The summed E-state index contributed by atoms with van der Waals surface area (Å²) in [5.74, 6) is 0. The molecule has 0 radical (unpaired) electrons. The molecule has 0 spiro atoms. The fraction of sp³-hybridized carbons (Fsp3) is 0.278. The van der Waals surface area contributed by atoms with Crippen LogP contribution in [-0.2, 0) is 10.0 Å². The molecule has 0 unspecified atom stereocenters. The summed E-state index contributed by atoms with van der Waals surface area (Å²) >= 11 is 0. The minimum atomic E-state index is -3.73. The van der Waals surface area contributed by atoms with Crippen molar-refractivity contribution in [2.24, 2.45) is 0 Å². The maximum absolute atomic E-state index is 12.7. The van der Waals surface area contributed by atoms with Crippen LogP contribution in [-0.4, -0.2) is 21.5 Å². The molecule has 124 valence electrons. The number of rotatable bonds is 4. The highest BCUT2D eigenvalue weighted by Crippen LogP contribution is 2.30. The molecule has 3 rings (SSSR count). The third-order valence-corrected chi connectivity index (χ3v) is 5.48. The Morgan fingerprint density at radius 2 is 1.75 bits per heavy atom. The number of hydrogen-bond acceptors (Lipinski definition) is 4. The Morgan fingerprint density at radius 3 is 2.50 bits per heavy atom. The predicted octanol–water partition coefficient (Wildman–Crippen LogP) is 3.35. The molecule has 0 saturated carbocycles. The zero-order chi connectivity index (χ0) is 17.0. The van der Waals surface area contributed by atoms with Crippen molar-refractivity contribution < 1.29 is 8.42 Å². The maximum atomic E-state index is 12.7. The molecule has 24 heavy (non-hydrogen) atoms. The van der Waals surface area contributed by atoms with E-state index in [-0.39, 0.29) is 4.90 Å². The van der Waals surface area contributed by atoms with Crippen LogP contribution in [0, 0.1) is 11.3 Å². The van der Waals surface area contributed by atoms with Gasteiger partial charge in [0.05, 0.1) is 27.9 Å². The van der Waals surface area contributed by atoms with E-state index in [0.29, 0.717) is 11.3 Å². The summed E-state index contributed by atoms with van der Waals surface area (Å²) < 4.78 is 28.0. The number of piperidine rings is 1. The molecule has 1 heterocycles. The second kappa shape index (κ2) is 6.93. The van der Waals surface area contributed by atoms with Crippen molar-refractivity contribution >= 4 is 21.4 Å². The largest absolute Gasteiger partial charge is 0.370 e. The maximum Gasteiger partial charge on any atom is 0.262 e. The lowest BCUT2D eigenvalue weighted by molar-refractivity contribution is 0.578. The average Bonchev–Trinajstić information content (AvgIpc) is 2.63. The number of nitrogens with zero attached hydrogens (tertiary/aromatic N) is 2. The molecule has 0 amide bonds. The van der Waals surface area contributed by atoms with Crippen LogP contribution in [0.1, 0.15) is 24.8 Å². The van der Waals surface area contributed by atoms with Gasteiger partial charge in [-0.15, -0.1) is 0 Å². The summed E-state index contributed by atoms with van der Waals surface area (Å²) in [6, 6.07) is 15.4. The van der Waals surface area contributed by atoms with Crippen molar-refractivity contribution in [1.29, 1.82) is 5.26 Å². The Balaban J connectivity index is 1.91. The molecule has 5 nitrogen and oxygen atoms in total. The zero-order valence-electron chi connectivity index (χ0n) is 13.3. The predicted molar refractivity (Wildman–Crippen MR) is 94.5 cm³/mol. The summed E-state index contributed by atoms with van der Waals surface area (Å²) in [5.41, 5.74) is 1.79. The molecule has 0 aliphatic carbocycles. The van der Waals surface area contributed by atoms with Gasteiger partial charge in [0.25, 0.3) is 10.0 Å².